The Morgan fingerprint density at radius 2 is 2.17 bits per heavy atom. The first-order valence-electron chi connectivity index (χ1n) is 5.86. The van der Waals surface area contributed by atoms with E-state index in [1.807, 2.05) is 18.2 Å². The molecule has 4 heteroatoms. The molecule has 0 radical (unpaired) electrons. The van der Waals surface area contributed by atoms with E-state index in [0.29, 0.717) is 24.5 Å². The average molecular weight is 248 g/mol. The van der Waals surface area contributed by atoms with Crippen LogP contribution in [-0.2, 0) is 0 Å². The first-order chi connectivity index (χ1) is 8.78. The summed E-state index contributed by atoms with van der Waals surface area (Å²) < 4.78 is 10.7. The zero-order valence-corrected chi connectivity index (χ0v) is 10.9. The summed E-state index contributed by atoms with van der Waals surface area (Å²) in [6.45, 7) is 1.19. The van der Waals surface area contributed by atoms with E-state index in [9.17, 15) is 0 Å². The standard InChI is InChI=1S/C14H20N2O2/c1-4-5-9-16-12(10-15)11-7-6-8-13(17-2)14(11)18-3/h1,6-8,12,16H,5,9-10,15H2,2-3H3. The predicted octanol–water partition coefficient (Wildman–Crippen LogP) is 1.32. The van der Waals surface area contributed by atoms with Crippen LogP contribution in [-0.4, -0.2) is 27.3 Å². The molecule has 0 amide bonds. The summed E-state index contributed by atoms with van der Waals surface area (Å²) in [6.07, 6.45) is 5.90. The summed E-state index contributed by atoms with van der Waals surface area (Å²) in [7, 11) is 3.24. The summed E-state index contributed by atoms with van der Waals surface area (Å²) in [6, 6.07) is 5.75. The highest BCUT2D eigenvalue weighted by molar-refractivity contribution is 5.48. The fourth-order valence-electron chi connectivity index (χ4n) is 1.83. The van der Waals surface area contributed by atoms with Gasteiger partial charge in [-0.25, -0.2) is 0 Å². The van der Waals surface area contributed by atoms with Crippen LogP contribution in [0.5, 0.6) is 11.5 Å². The Kier molecular flexibility index (Phi) is 6.06. The monoisotopic (exact) mass is 248 g/mol. The normalized spacial score (nSPS) is 11.7. The number of methoxy groups -OCH3 is 2. The quantitative estimate of drug-likeness (QED) is 0.564. The van der Waals surface area contributed by atoms with Crippen molar-refractivity contribution in [2.45, 2.75) is 12.5 Å². The van der Waals surface area contributed by atoms with Crippen molar-refractivity contribution in [1.82, 2.24) is 5.32 Å². The molecule has 0 aliphatic heterocycles. The number of para-hydroxylation sites is 1. The van der Waals surface area contributed by atoms with E-state index < -0.39 is 0 Å². The molecule has 18 heavy (non-hydrogen) atoms. The second-order valence-corrected chi connectivity index (χ2v) is 3.78. The highest BCUT2D eigenvalue weighted by Crippen LogP contribution is 2.34. The van der Waals surface area contributed by atoms with Crippen LogP contribution in [0.2, 0.25) is 0 Å². The average Bonchev–Trinajstić information content (AvgIpc) is 2.42. The molecule has 0 heterocycles. The van der Waals surface area contributed by atoms with Gasteiger partial charge in [-0.1, -0.05) is 12.1 Å². The third-order valence-electron chi connectivity index (χ3n) is 2.70. The maximum atomic E-state index is 5.79. The molecule has 0 fully saturated rings. The van der Waals surface area contributed by atoms with Gasteiger partial charge in [0.05, 0.1) is 14.2 Å². The van der Waals surface area contributed by atoms with Crippen molar-refractivity contribution in [3.63, 3.8) is 0 Å². The fraction of sp³-hybridized carbons (Fsp3) is 0.429. The van der Waals surface area contributed by atoms with Crippen molar-refractivity contribution < 1.29 is 9.47 Å². The lowest BCUT2D eigenvalue weighted by atomic mass is 10.0. The SMILES string of the molecule is C#CCCNC(CN)c1cccc(OC)c1OC. The van der Waals surface area contributed by atoms with Gasteiger partial charge in [0.1, 0.15) is 0 Å². The van der Waals surface area contributed by atoms with E-state index in [-0.39, 0.29) is 6.04 Å². The van der Waals surface area contributed by atoms with Gasteiger partial charge >= 0.3 is 0 Å². The van der Waals surface area contributed by atoms with E-state index in [1.54, 1.807) is 14.2 Å². The Morgan fingerprint density at radius 1 is 1.39 bits per heavy atom. The highest BCUT2D eigenvalue weighted by Gasteiger charge is 2.17. The molecule has 0 aromatic heterocycles. The molecule has 1 rings (SSSR count). The van der Waals surface area contributed by atoms with Crippen molar-refractivity contribution in [2.75, 3.05) is 27.3 Å². The maximum Gasteiger partial charge on any atom is 0.165 e. The van der Waals surface area contributed by atoms with Crippen LogP contribution >= 0.6 is 0 Å². The number of terminal acetylenes is 1. The molecule has 4 nitrogen and oxygen atoms in total. The van der Waals surface area contributed by atoms with E-state index >= 15 is 0 Å². The number of hydrogen-bond donors (Lipinski definition) is 2. The lowest BCUT2D eigenvalue weighted by Crippen LogP contribution is -2.29. The summed E-state index contributed by atoms with van der Waals surface area (Å²) in [4.78, 5) is 0. The number of benzene rings is 1. The zero-order valence-electron chi connectivity index (χ0n) is 10.9. The number of ether oxygens (including phenoxy) is 2. The largest absolute Gasteiger partial charge is 0.493 e. The van der Waals surface area contributed by atoms with Gasteiger partial charge in [-0.05, 0) is 6.07 Å². The third-order valence-corrected chi connectivity index (χ3v) is 2.70. The molecule has 0 aliphatic carbocycles. The first kappa shape index (κ1) is 14.4. The van der Waals surface area contributed by atoms with Gasteiger partial charge in [-0.3, -0.25) is 0 Å². The van der Waals surface area contributed by atoms with Gasteiger partial charge in [0.2, 0.25) is 0 Å². The number of rotatable bonds is 7. The minimum absolute atomic E-state index is 0.00315. The van der Waals surface area contributed by atoms with Crippen LogP contribution in [0.3, 0.4) is 0 Å². The second-order valence-electron chi connectivity index (χ2n) is 3.78. The summed E-state index contributed by atoms with van der Waals surface area (Å²) in [5, 5.41) is 3.31. The molecule has 0 bridgehead atoms. The van der Waals surface area contributed by atoms with Gasteiger partial charge in [0, 0.05) is 31.1 Å². The van der Waals surface area contributed by atoms with E-state index in [1.165, 1.54) is 0 Å². The number of nitrogens with one attached hydrogen (secondary N) is 1. The topological polar surface area (TPSA) is 56.5 Å². The van der Waals surface area contributed by atoms with E-state index in [4.69, 9.17) is 21.6 Å². The van der Waals surface area contributed by atoms with Gasteiger partial charge in [0.15, 0.2) is 11.5 Å². The molecule has 0 saturated carbocycles. The molecule has 1 aromatic rings. The molecule has 0 saturated heterocycles. The molecule has 1 atom stereocenters. The van der Waals surface area contributed by atoms with Gasteiger partial charge in [-0.15, -0.1) is 12.3 Å². The highest BCUT2D eigenvalue weighted by atomic mass is 16.5. The zero-order chi connectivity index (χ0) is 13.4. The molecular formula is C14H20N2O2. The Hall–Kier alpha value is -1.70. The Balaban J connectivity index is 2.94. The van der Waals surface area contributed by atoms with Crippen molar-refractivity contribution in [1.29, 1.82) is 0 Å². The van der Waals surface area contributed by atoms with Crippen molar-refractivity contribution in [2.24, 2.45) is 5.73 Å². The molecule has 1 aromatic carbocycles. The Bertz CT molecular complexity index is 413. The molecule has 98 valence electrons. The fourth-order valence-corrected chi connectivity index (χ4v) is 1.83. The molecule has 3 N–H and O–H groups in total. The smallest absolute Gasteiger partial charge is 0.165 e. The number of hydrogen-bond acceptors (Lipinski definition) is 4. The predicted molar refractivity (Wildman–Crippen MR) is 72.8 cm³/mol. The molecular weight excluding hydrogens is 228 g/mol. The van der Waals surface area contributed by atoms with Gasteiger partial charge in [0.25, 0.3) is 0 Å². The van der Waals surface area contributed by atoms with E-state index in [0.717, 1.165) is 12.1 Å². The summed E-state index contributed by atoms with van der Waals surface area (Å²) >= 11 is 0. The summed E-state index contributed by atoms with van der Waals surface area (Å²) in [5.74, 6) is 4.00. The van der Waals surface area contributed by atoms with Crippen LogP contribution in [0.1, 0.15) is 18.0 Å². The minimum Gasteiger partial charge on any atom is -0.493 e. The first-order valence-corrected chi connectivity index (χ1v) is 5.86. The van der Waals surface area contributed by atoms with Gasteiger partial charge in [-0.2, -0.15) is 0 Å². The Labute approximate surface area is 108 Å². The van der Waals surface area contributed by atoms with Crippen molar-refractivity contribution in [3.05, 3.63) is 23.8 Å². The van der Waals surface area contributed by atoms with Crippen LogP contribution in [0.15, 0.2) is 18.2 Å². The van der Waals surface area contributed by atoms with E-state index in [2.05, 4.69) is 11.2 Å². The Morgan fingerprint density at radius 3 is 2.72 bits per heavy atom. The van der Waals surface area contributed by atoms with Crippen LogP contribution in [0.4, 0.5) is 0 Å². The van der Waals surface area contributed by atoms with Crippen molar-refractivity contribution >= 4 is 0 Å². The molecule has 1 unspecified atom stereocenters. The maximum absolute atomic E-state index is 5.79. The minimum atomic E-state index is 0.00315. The number of nitrogens with two attached hydrogens (primary N) is 1. The molecule has 0 aliphatic rings. The van der Waals surface area contributed by atoms with Crippen LogP contribution < -0.4 is 20.5 Å². The van der Waals surface area contributed by atoms with Crippen molar-refractivity contribution in [3.8, 4) is 23.8 Å². The molecule has 0 spiro atoms. The van der Waals surface area contributed by atoms with Crippen LogP contribution in [0.25, 0.3) is 0 Å². The third kappa shape index (κ3) is 3.39. The van der Waals surface area contributed by atoms with Gasteiger partial charge < -0.3 is 20.5 Å². The second kappa shape index (κ2) is 7.59. The lowest BCUT2D eigenvalue weighted by Gasteiger charge is -2.20. The summed E-state index contributed by atoms with van der Waals surface area (Å²) in [5.41, 5.74) is 6.77. The lowest BCUT2D eigenvalue weighted by molar-refractivity contribution is 0.347. The van der Waals surface area contributed by atoms with Crippen LogP contribution in [0, 0.1) is 12.3 Å².